The molecule has 0 aliphatic heterocycles. The van der Waals surface area contributed by atoms with Gasteiger partial charge in [-0.2, -0.15) is 0 Å². The van der Waals surface area contributed by atoms with Crippen LogP contribution in [-0.4, -0.2) is 12.8 Å². The van der Waals surface area contributed by atoms with E-state index in [9.17, 15) is 4.79 Å². The number of rotatable bonds is 5. The van der Waals surface area contributed by atoms with E-state index in [1.807, 2.05) is 56.4 Å². The van der Waals surface area contributed by atoms with E-state index in [1.54, 1.807) is 0 Å². The minimum atomic E-state index is 0.180. The Hall–Kier alpha value is -1.61. The van der Waals surface area contributed by atoms with Crippen LogP contribution < -0.4 is 4.90 Å². The van der Waals surface area contributed by atoms with Crippen molar-refractivity contribution >= 4 is 27.4 Å². The number of para-hydroxylation sites is 1. The third kappa shape index (κ3) is 3.28. The molecule has 0 fully saturated rings. The molecule has 0 N–H and O–H groups in total. The molecule has 0 atom stereocenters. The van der Waals surface area contributed by atoms with Gasteiger partial charge in [-0.3, -0.25) is 4.79 Å². The molecule has 0 aliphatic carbocycles. The maximum Gasteiger partial charge on any atom is 0.164 e. The zero-order valence-corrected chi connectivity index (χ0v) is 13.4. The molecule has 0 spiro atoms. The van der Waals surface area contributed by atoms with Crippen LogP contribution in [0.3, 0.4) is 0 Å². The van der Waals surface area contributed by atoms with Crippen molar-refractivity contribution in [1.82, 2.24) is 0 Å². The molecule has 2 rings (SSSR count). The predicted molar refractivity (Wildman–Crippen MR) is 87.3 cm³/mol. The summed E-state index contributed by atoms with van der Waals surface area (Å²) in [5.41, 5.74) is 2.98. The number of hydrogen-bond donors (Lipinski definition) is 0. The van der Waals surface area contributed by atoms with E-state index < -0.39 is 0 Å². The van der Waals surface area contributed by atoms with Crippen LogP contribution in [0.2, 0.25) is 0 Å². The van der Waals surface area contributed by atoms with Crippen molar-refractivity contribution in [2.45, 2.75) is 19.9 Å². The highest BCUT2D eigenvalue weighted by molar-refractivity contribution is 9.10. The van der Waals surface area contributed by atoms with Gasteiger partial charge in [-0.1, -0.05) is 53.2 Å². The second kappa shape index (κ2) is 6.71. The number of hydrogen-bond acceptors (Lipinski definition) is 2. The lowest BCUT2D eigenvalue weighted by atomic mass is 10.1. The number of anilines is 1. The number of Topliss-reactive ketones (excluding diaryl/α,β-unsaturated/α-hetero) is 1. The fraction of sp³-hybridized carbons (Fsp3) is 0.235. The highest BCUT2D eigenvalue weighted by Gasteiger charge is 2.13. The number of benzene rings is 2. The fourth-order valence-electron chi connectivity index (χ4n) is 2.20. The Bertz CT molecular complexity index is 609. The fourth-order valence-corrected chi connectivity index (χ4v) is 2.61. The molecule has 0 amide bonds. The van der Waals surface area contributed by atoms with Crippen LogP contribution in [0.15, 0.2) is 53.0 Å². The summed E-state index contributed by atoms with van der Waals surface area (Å²) in [7, 11) is 2.02. The van der Waals surface area contributed by atoms with Crippen molar-refractivity contribution in [3.63, 3.8) is 0 Å². The summed E-state index contributed by atoms with van der Waals surface area (Å²) in [6.07, 6.45) is 0.528. The van der Waals surface area contributed by atoms with Gasteiger partial charge in [0.05, 0.1) is 0 Å². The standard InChI is InChI=1S/C17H18BrNO/c1-3-17(20)14-9-5-7-11-16(14)19(2)12-13-8-4-6-10-15(13)18/h4-11H,3,12H2,1-2H3. The van der Waals surface area contributed by atoms with Crippen molar-refractivity contribution in [2.24, 2.45) is 0 Å². The first kappa shape index (κ1) is 14.8. The van der Waals surface area contributed by atoms with Gasteiger partial charge in [0.25, 0.3) is 0 Å². The summed E-state index contributed by atoms with van der Waals surface area (Å²) >= 11 is 3.56. The van der Waals surface area contributed by atoms with E-state index >= 15 is 0 Å². The average molecular weight is 332 g/mol. The number of ketones is 1. The Labute approximate surface area is 128 Å². The van der Waals surface area contributed by atoms with E-state index in [0.717, 1.165) is 22.3 Å². The van der Waals surface area contributed by atoms with Crippen LogP contribution >= 0.6 is 15.9 Å². The van der Waals surface area contributed by atoms with Gasteiger partial charge < -0.3 is 4.90 Å². The van der Waals surface area contributed by atoms with Gasteiger partial charge >= 0.3 is 0 Å². The Morgan fingerprint density at radius 2 is 1.75 bits per heavy atom. The van der Waals surface area contributed by atoms with E-state index in [1.165, 1.54) is 5.56 Å². The van der Waals surface area contributed by atoms with Gasteiger partial charge in [0.1, 0.15) is 0 Å². The molecule has 104 valence electrons. The van der Waals surface area contributed by atoms with Crippen LogP contribution in [0.25, 0.3) is 0 Å². The predicted octanol–water partition coefficient (Wildman–Crippen LogP) is 4.68. The van der Waals surface area contributed by atoms with Gasteiger partial charge in [0.2, 0.25) is 0 Å². The van der Waals surface area contributed by atoms with Crippen LogP contribution in [0.5, 0.6) is 0 Å². The number of carbonyl (C=O) groups is 1. The second-order valence-electron chi connectivity index (χ2n) is 4.74. The highest BCUT2D eigenvalue weighted by atomic mass is 79.9. The number of carbonyl (C=O) groups excluding carboxylic acids is 1. The van der Waals surface area contributed by atoms with E-state index in [-0.39, 0.29) is 5.78 Å². The highest BCUT2D eigenvalue weighted by Crippen LogP contribution is 2.24. The number of nitrogens with zero attached hydrogens (tertiary/aromatic N) is 1. The Morgan fingerprint density at radius 3 is 2.45 bits per heavy atom. The molecule has 0 heterocycles. The molecule has 0 saturated carbocycles. The Balaban J connectivity index is 2.28. The molecule has 0 radical (unpaired) electrons. The summed E-state index contributed by atoms with van der Waals surface area (Å²) in [6.45, 7) is 2.66. The Kier molecular flexibility index (Phi) is 4.96. The molecule has 2 aromatic rings. The molecule has 0 bridgehead atoms. The molecule has 3 heteroatoms. The first-order valence-corrected chi connectivity index (χ1v) is 7.49. The van der Waals surface area contributed by atoms with Crippen LogP contribution in [0, 0.1) is 0 Å². The molecular formula is C17H18BrNO. The van der Waals surface area contributed by atoms with Gasteiger partial charge in [0, 0.05) is 35.7 Å². The largest absolute Gasteiger partial charge is 0.370 e. The zero-order valence-electron chi connectivity index (χ0n) is 11.8. The molecule has 0 aliphatic rings. The summed E-state index contributed by atoms with van der Waals surface area (Å²) in [5, 5.41) is 0. The summed E-state index contributed by atoms with van der Waals surface area (Å²) in [6, 6.07) is 15.9. The molecule has 2 nitrogen and oxygen atoms in total. The monoisotopic (exact) mass is 331 g/mol. The molecule has 0 unspecified atom stereocenters. The minimum absolute atomic E-state index is 0.180. The van der Waals surface area contributed by atoms with Gasteiger partial charge in [-0.25, -0.2) is 0 Å². The smallest absolute Gasteiger partial charge is 0.164 e. The van der Waals surface area contributed by atoms with Gasteiger partial charge in [-0.05, 0) is 23.8 Å². The molecule has 20 heavy (non-hydrogen) atoms. The zero-order chi connectivity index (χ0) is 14.5. The SMILES string of the molecule is CCC(=O)c1ccccc1N(C)Cc1ccccc1Br. The van der Waals surface area contributed by atoms with Crippen LogP contribution in [-0.2, 0) is 6.54 Å². The molecule has 2 aromatic carbocycles. The van der Waals surface area contributed by atoms with E-state index in [2.05, 4.69) is 26.9 Å². The lowest BCUT2D eigenvalue weighted by Gasteiger charge is -2.22. The summed E-state index contributed by atoms with van der Waals surface area (Å²) in [5.74, 6) is 0.180. The van der Waals surface area contributed by atoms with E-state index in [0.29, 0.717) is 6.42 Å². The second-order valence-corrected chi connectivity index (χ2v) is 5.60. The lowest BCUT2D eigenvalue weighted by molar-refractivity contribution is 0.0988. The molecular weight excluding hydrogens is 314 g/mol. The molecule has 0 aromatic heterocycles. The Morgan fingerprint density at radius 1 is 1.10 bits per heavy atom. The summed E-state index contributed by atoms with van der Waals surface area (Å²) in [4.78, 5) is 14.1. The van der Waals surface area contributed by atoms with Gasteiger partial charge in [0.15, 0.2) is 5.78 Å². The van der Waals surface area contributed by atoms with Crippen molar-refractivity contribution in [3.05, 3.63) is 64.1 Å². The third-order valence-corrected chi connectivity index (χ3v) is 4.08. The number of halogens is 1. The van der Waals surface area contributed by atoms with Crippen molar-refractivity contribution in [3.8, 4) is 0 Å². The average Bonchev–Trinajstić information content (AvgIpc) is 2.48. The first-order valence-electron chi connectivity index (χ1n) is 6.70. The third-order valence-electron chi connectivity index (χ3n) is 3.30. The summed E-state index contributed by atoms with van der Waals surface area (Å²) < 4.78 is 1.09. The first-order chi connectivity index (χ1) is 9.63. The van der Waals surface area contributed by atoms with Crippen LogP contribution in [0.4, 0.5) is 5.69 Å². The minimum Gasteiger partial charge on any atom is -0.370 e. The quantitative estimate of drug-likeness (QED) is 0.741. The van der Waals surface area contributed by atoms with Crippen molar-refractivity contribution < 1.29 is 4.79 Å². The van der Waals surface area contributed by atoms with Gasteiger partial charge in [-0.15, -0.1) is 0 Å². The maximum absolute atomic E-state index is 12.0. The van der Waals surface area contributed by atoms with Crippen molar-refractivity contribution in [1.29, 1.82) is 0 Å². The normalized spacial score (nSPS) is 10.3. The molecule has 0 saturated heterocycles. The van der Waals surface area contributed by atoms with E-state index in [4.69, 9.17) is 0 Å². The van der Waals surface area contributed by atoms with Crippen molar-refractivity contribution in [2.75, 3.05) is 11.9 Å². The maximum atomic E-state index is 12.0. The lowest BCUT2D eigenvalue weighted by Crippen LogP contribution is -2.19. The van der Waals surface area contributed by atoms with Crippen LogP contribution in [0.1, 0.15) is 29.3 Å². The topological polar surface area (TPSA) is 20.3 Å².